The summed E-state index contributed by atoms with van der Waals surface area (Å²) in [6, 6.07) is 7.46. The van der Waals surface area contributed by atoms with Crippen LogP contribution in [-0.4, -0.2) is 12.0 Å². The highest BCUT2D eigenvalue weighted by Gasteiger charge is 2.15. The molecule has 2 rings (SSSR count). The first-order valence-corrected chi connectivity index (χ1v) is 4.56. The fourth-order valence-electron chi connectivity index (χ4n) is 1.43. The van der Waals surface area contributed by atoms with Crippen LogP contribution in [-0.2, 0) is 4.84 Å². The molecule has 0 spiro atoms. The molecule has 1 aliphatic rings. The minimum Gasteiger partial charge on any atom is -0.388 e. The van der Waals surface area contributed by atoms with Crippen molar-refractivity contribution in [3.05, 3.63) is 35.4 Å². The molecule has 0 N–H and O–H groups in total. The third-order valence-corrected chi connectivity index (χ3v) is 2.27. The van der Waals surface area contributed by atoms with E-state index in [2.05, 4.69) is 5.16 Å². The van der Waals surface area contributed by atoms with Gasteiger partial charge in [0.25, 0.3) is 0 Å². The van der Waals surface area contributed by atoms with Crippen molar-refractivity contribution in [1.82, 2.24) is 0 Å². The third kappa shape index (κ3) is 1.66. The summed E-state index contributed by atoms with van der Waals surface area (Å²) in [7, 11) is 0. The van der Waals surface area contributed by atoms with E-state index in [4.69, 9.17) is 4.84 Å². The predicted octanol–water partition coefficient (Wildman–Crippen LogP) is 2.34. The van der Waals surface area contributed by atoms with Gasteiger partial charge in [-0.15, -0.1) is 0 Å². The molecule has 1 aliphatic heterocycles. The summed E-state index contributed by atoms with van der Waals surface area (Å²) in [6.07, 6.45) is 2.58. The Morgan fingerprint density at radius 3 is 2.64 bits per heavy atom. The second-order valence-corrected chi connectivity index (χ2v) is 3.30. The van der Waals surface area contributed by atoms with E-state index in [1.807, 2.05) is 24.3 Å². The van der Waals surface area contributed by atoms with Crippen molar-refractivity contribution >= 4 is 12.0 Å². The standard InChI is InChI=1S/C11H11NO2/c1-8(13)9-2-4-10(5-3-9)11-6-7-12-14-11/h2-5,7,11H,6H2,1H3. The van der Waals surface area contributed by atoms with Gasteiger partial charge in [0.2, 0.25) is 0 Å². The molecule has 3 heteroatoms. The normalized spacial score (nSPS) is 19.4. The quantitative estimate of drug-likeness (QED) is 0.670. The summed E-state index contributed by atoms with van der Waals surface area (Å²) in [5.41, 5.74) is 1.79. The van der Waals surface area contributed by atoms with E-state index >= 15 is 0 Å². The number of hydrogen-bond donors (Lipinski definition) is 0. The van der Waals surface area contributed by atoms with Gasteiger partial charge in [-0.05, 0) is 12.5 Å². The highest BCUT2D eigenvalue weighted by molar-refractivity contribution is 5.94. The fourth-order valence-corrected chi connectivity index (χ4v) is 1.43. The molecule has 0 saturated carbocycles. The Labute approximate surface area is 82.4 Å². The number of carbonyl (C=O) groups excluding carboxylic acids is 1. The highest BCUT2D eigenvalue weighted by Crippen LogP contribution is 2.24. The second kappa shape index (κ2) is 3.62. The zero-order chi connectivity index (χ0) is 9.97. The predicted molar refractivity (Wildman–Crippen MR) is 53.4 cm³/mol. The monoisotopic (exact) mass is 189 g/mol. The van der Waals surface area contributed by atoms with E-state index in [0.717, 1.165) is 17.5 Å². The molecule has 0 bridgehead atoms. The van der Waals surface area contributed by atoms with Gasteiger partial charge in [-0.2, -0.15) is 0 Å². The van der Waals surface area contributed by atoms with Crippen LogP contribution in [0, 0.1) is 0 Å². The number of ketones is 1. The Kier molecular flexibility index (Phi) is 2.31. The molecular formula is C11H11NO2. The number of oxime groups is 1. The van der Waals surface area contributed by atoms with Gasteiger partial charge in [0.1, 0.15) is 0 Å². The fraction of sp³-hybridized carbons (Fsp3) is 0.273. The summed E-state index contributed by atoms with van der Waals surface area (Å²) in [6.45, 7) is 1.56. The van der Waals surface area contributed by atoms with Crippen molar-refractivity contribution in [2.45, 2.75) is 19.4 Å². The lowest BCUT2D eigenvalue weighted by molar-refractivity contribution is 0.0857. The van der Waals surface area contributed by atoms with E-state index < -0.39 is 0 Å². The second-order valence-electron chi connectivity index (χ2n) is 3.30. The van der Waals surface area contributed by atoms with Crippen LogP contribution >= 0.6 is 0 Å². The Morgan fingerprint density at radius 1 is 1.43 bits per heavy atom. The van der Waals surface area contributed by atoms with Crippen LogP contribution in [0.5, 0.6) is 0 Å². The van der Waals surface area contributed by atoms with Crippen molar-refractivity contribution in [3.63, 3.8) is 0 Å². The van der Waals surface area contributed by atoms with Crippen LogP contribution in [0.3, 0.4) is 0 Å². The maximum Gasteiger partial charge on any atom is 0.159 e. The number of rotatable bonds is 2. The maximum atomic E-state index is 11.0. The highest BCUT2D eigenvalue weighted by atomic mass is 16.6. The number of nitrogens with zero attached hydrogens (tertiary/aromatic N) is 1. The van der Waals surface area contributed by atoms with Gasteiger partial charge in [0.05, 0.1) is 0 Å². The molecule has 72 valence electrons. The number of Topliss-reactive ketones (excluding diaryl/α,β-unsaturated/α-hetero) is 1. The van der Waals surface area contributed by atoms with Gasteiger partial charge in [-0.1, -0.05) is 29.4 Å². The third-order valence-electron chi connectivity index (χ3n) is 2.27. The lowest BCUT2D eigenvalue weighted by Crippen LogP contribution is -1.97. The average molecular weight is 189 g/mol. The molecule has 0 saturated heterocycles. The maximum absolute atomic E-state index is 11.0. The SMILES string of the molecule is CC(=O)c1ccc(C2CC=NO2)cc1. The summed E-state index contributed by atoms with van der Waals surface area (Å²) in [5, 5.41) is 3.71. The first kappa shape index (κ1) is 8.94. The van der Waals surface area contributed by atoms with Crippen LogP contribution in [0.15, 0.2) is 29.4 Å². The van der Waals surface area contributed by atoms with Gasteiger partial charge in [0.15, 0.2) is 11.9 Å². The summed E-state index contributed by atoms with van der Waals surface area (Å²) in [4.78, 5) is 16.1. The zero-order valence-corrected chi connectivity index (χ0v) is 7.93. The first-order chi connectivity index (χ1) is 6.77. The van der Waals surface area contributed by atoms with E-state index in [1.54, 1.807) is 13.1 Å². The molecule has 1 aromatic rings. The van der Waals surface area contributed by atoms with Crippen molar-refractivity contribution in [1.29, 1.82) is 0 Å². The minimum absolute atomic E-state index is 0.0241. The molecule has 1 atom stereocenters. The van der Waals surface area contributed by atoms with Crippen molar-refractivity contribution in [2.75, 3.05) is 0 Å². The van der Waals surface area contributed by atoms with Gasteiger partial charge in [-0.3, -0.25) is 4.79 Å². The topological polar surface area (TPSA) is 38.7 Å². The molecule has 14 heavy (non-hydrogen) atoms. The van der Waals surface area contributed by atoms with Gasteiger partial charge < -0.3 is 4.84 Å². The largest absolute Gasteiger partial charge is 0.388 e. The molecule has 3 nitrogen and oxygen atoms in total. The molecule has 1 unspecified atom stereocenters. The first-order valence-electron chi connectivity index (χ1n) is 4.56. The van der Waals surface area contributed by atoms with Crippen LogP contribution in [0.1, 0.15) is 35.4 Å². The Hall–Kier alpha value is -1.64. The number of benzene rings is 1. The Morgan fingerprint density at radius 2 is 2.14 bits per heavy atom. The Balaban J connectivity index is 2.17. The van der Waals surface area contributed by atoms with Crippen molar-refractivity contribution < 1.29 is 9.63 Å². The molecule has 0 radical (unpaired) electrons. The van der Waals surface area contributed by atoms with Crippen molar-refractivity contribution in [2.24, 2.45) is 5.16 Å². The van der Waals surface area contributed by atoms with Crippen LogP contribution in [0.2, 0.25) is 0 Å². The van der Waals surface area contributed by atoms with Gasteiger partial charge in [-0.25, -0.2) is 0 Å². The van der Waals surface area contributed by atoms with E-state index in [1.165, 1.54) is 0 Å². The molecular weight excluding hydrogens is 178 g/mol. The van der Waals surface area contributed by atoms with E-state index in [9.17, 15) is 4.79 Å². The number of hydrogen-bond acceptors (Lipinski definition) is 3. The van der Waals surface area contributed by atoms with Crippen LogP contribution in [0.4, 0.5) is 0 Å². The molecule has 0 aromatic heterocycles. The summed E-state index contributed by atoms with van der Waals surface area (Å²) < 4.78 is 0. The smallest absolute Gasteiger partial charge is 0.159 e. The van der Waals surface area contributed by atoms with Gasteiger partial charge >= 0.3 is 0 Å². The molecule has 0 fully saturated rings. The number of carbonyl (C=O) groups is 1. The van der Waals surface area contributed by atoms with Gasteiger partial charge in [0, 0.05) is 18.2 Å². The Bertz CT molecular complexity index is 359. The molecule has 1 aromatic carbocycles. The molecule has 0 aliphatic carbocycles. The van der Waals surface area contributed by atoms with Crippen LogP contribution < -0.4 is 0 Å². The van der Waals surface area contributed by atoms with E-state index in [0.29, 0.717) is 0 Å². The lowest BCUT2D eigenvalue weighted by atomic mass is 10.0. The molecule has 1 heterocycles. The summed E-state index contributed by atoms with van der Waals surface area (Å²) in [5.74, 6) is 0.0835. The minimum atomic E-state index is 0.0241. The summed E-state index contributed by atoms with van der Waals surface area (Å²) >= 11 is 0. The molecule has 0 amide bonds. The van der Waals surface area contributed by atoms with Crippen molar-refractivity contribution in [3.8, 4) is 0 Å². The van der Waals surface area contributed by atoms with Crippen LogP contribution in [0.25, 0.3) is 0 Å². The average Bonchev–Trinajstić information content (AvgIpc) is 2.71. The lowest BCUT2D eigenvalue weighted by Gasteiger charge is -2.08. The zero-order valence-electron chi connectivity index (χ0n) is 7.93. The van der Waals surface area contributed by atoms with E-state index in [-0.39, 0.29) is 11.9 Å².